The fourth-order valence-electron chi connectivity index (χ4n) is 3.94. The number of likely N-dealkylation sites (tertiary alicyclic amines) is 1. The van der Waals surface area contributed by atoms with E-state index in [0.29, 0.717) is 18.8 Å². The molecule has 3 heterocycles. The Labute approximate surface area is 171 Å². The molecule has 0 bridgehead atoms. The van der Waals surface area contributed by atoms with Crippen molar-refractivity contribution in [1.82, 2.24) is 25.4 Å². The van der Waals surface area contributed by atoms with E-state index in [1.807, 2.05) is 19.2 Å². The van der Waals surface area contributed by atoms with E-state index in [4.69, 9.17) is 9.47 Å². The highest BCUT2D eigenvalue weighted by Crippen LogP contribution is 2.18. The number of hydrogen-bond acceptors (Lipinski definition) is 5. The van der Waals surface area contributed by atoms with Crippen LogP contribution in [0.25, 0.3) is 11.4 Å². The van der Waals surface area contributed by atoms with Crippen molar-refractivity contribution < 1.29 is 9.47 Å². The first-order chi connectivity index (χ1) is 14.3. The second-order valence-electron chi connectivity index (χ2n) is 7.59. The Kier molecular flexibility index (Phi) is 6.74. The average molecular weight is 399 g/mol. The molecule has 2 aromatic rings. The van der Waals surface area contributed by atoms with Crippen molar-refractivity contribution in [2.75, 3.05) is 33.4 Å². The first-order valence-electron chi connectivity index (χ1n) is 10.5. The zero-order valence-corrected chi connectivity index (χ0v) is 17.0. The summed E-state index contributed by atoms with van der Waals surface area (Å²) in [6.07, 6.45) is 6.49. The van der Waals surface area contributed by atoms with Gasteiger partial charge in [0, 0.05) is 38.9 Å². The Morgan fingerprint density at radius 3 is 2.97 bits per heavy atom. The van der Waals surface area contributed by atoms with E-state index in [0.717, 1.165) is 69.3 Å². The molecule has 4 rings (SSSR count). The molecule has 2 N–H and O–H groups in total. The molecule has 2 aliphatic rings. The molecule has 1 aromatic heterocycles. The largest absolute Gasteiger partial charge is 0.376 e. The molecule has 1 atom stereocenters. The van der Waals surface area contributed by atoms with E-state index in [1.54, 1.807) is 0 Å². The van der Waals surface area contributed by atoms with Crippen molar-refractivity contribution in [3.8, 4) is 11.4 Å². The summed E-state index contributed by atoms with van der Waals surface area (Å²) in [5.74, 6) is 1.72. The van der Waals surface area contributed by atoms with Crippen molar-refractivity contribution in [3.05, 3.63) is 36.2 Å². The number of H-pyrrole nitrogens is 1. The highest BCUT2D eigenvalue weighted by atomic mass is 16.5. The van der Waals surface area contributed by atoms with Gasteiger partial charge < -0.3 is 19.7 Å². The van der Waals surface area contributed by atoms with E-state index in [9.17, 15) is 0 Å². The van der Waals surface area contributed by atoms with Gasteiger partial charge in [-0.25, -0.2) is 4.98 Å². The lowest BCUT2D eigenvalue weighted by Crippen LogP contribution is -2.47. The van der Waals surface area contributed by atoms with Gasteiger partial charge in [0.25, 0.3) is 0 Å². The van der Waals surface area contributed by atoms with E-state index in [1.165, 1.54) is 11.9 Å². The molecule has 2 aliphatic heterocycles. The number of hydrogen-bond donors (Lipinski definition) is 2. The maximum Gasteiger partial charge on any atom is 0.193 e. The Morgan fingerprint density at radius 1 is 1.34 bits per heavy atom. The first kappa shape index (κ1) is 19.8. The van der Waals surface area contributed by atoms with Crippen LogP contribution in [0.15, 0.2) is 35.6 Å². The van der Waals surface area contributed by atoms with Crippen LogP contribution < -0.4 is 5.32 Å². The van der Waals surface area contributed by atoms with Crippen LogP contribution >= 0.6 is 0 Å². The summed E-state index contributed by atoms with van der Waals surface area (Å²) >= 11 is 0. The van der Waals surface area contributed by atoms with E-state index >= 15 is 0 Å². The minimum atomic E-state index is 0.301. The normalized spacial score (nSPS) is 20.9. The fourth-order valence-corrected chi connectivity index (χ4v) is 3.94. The van der Waals surface area contributed by atoms with Gasteiger partial charge in [-0.2, -0.15) is 5.10 Å². The monoisotopic (exact) mass is 398 g/mol. The topological polar surface area (TPSA) is 87.7 Å². The number of nitrogens with zero attached hydrogens (tertiary/aromatic N) is 4. The summed E-state index contributed by atoms with van der Waals surface area (Å²) in [5, 5.41) is 10.3. The quantitative estimate of drug-likeness (QED) is 0.573. The summed E-state index contributed by atoms with van der Waals surface area (Å²) in [7, 11) is 1.84. The molecule has 1 unspecified atom stereocenters. The second-order valence-corrected chi connectivity index (χ2v) is 7.59. The van der Waals surface area contributed by atoms with E-state index < -0.39 is 0 Å². The molecule has 2 saturated heterocycles. The Morgan fingerprint density at radius 2 is 2.24 bits per heavy atom. The molecule has 0 saturated carbocycles. The number of nitrogens with one attached hydrogen (secondary N) is 2. The lowest BCUT2D eigenvalue weighted by atomic mass is 10.1. The van der Waals surface area contributed by atoms with Gasteiger partial charge in [-0.3, -0.25) is 10.1 Å². The molecular weight excluding hydrogens is 368 g/mol. The van der Waals surface area contributed by atoms with Gasteiger partial charge in [-0.1, -0.05) is 18.2 Å². The van der Waals surface area contributed by atoms with E-state index in [2.05, 4.69) is 42.5 Å². The van der Waals surface area contributed by atoms with Crippen LogP contribution in [0.2, 0.25) is 0 Å². The van der Waals surface area contributed by atoms with Gasteiger partial charge in [0.1, 0.15) is 6.33 Å². The predicted molar refractivity (Wildman–Crippen MR) is 112 cm³/mol. The third-order valence-electron chi connectivity index (χ3n) is 5.56. The lowest BCUT2D eigenvalue weighted by molar-refractivity contribution is -0.0367. The summed E-state index contributed by atoms with van der Waals surface area (Å²) in [5.41, 5.74) is 2.20. The van der Waals surface area contributed by atoms with Crippen LogP contribution in [0.4, 0.5) is 0 Å². The Bertz CT molecular complexity index is 780. The standard InChI is InChI=1S/C21H30N6O2/c1-22-21(23-13-16-4-2-5-17(12-16)20-24-15-25-26-20)27-9-7-18(8-10-27)29-14-19-6-3-11-28-19/h2,4-5,12,15,18-19H,3,6-11,13-14H2,1H3,(H,22,23)(H,24,25,26). The van der Waals surface area contributed by atoms with Gasteiger partial charge in [0.05, 0.1) is 18.8 Å². The molecular formula is C21H30N6O2. The lowest BCUT2D eigenvalue weighted by Gasteiger charge is -2.34. The van der Waals surface area contributed by atoms with Crippen LogP contribution in [0.5, 0.6) is 0 Å². The van der Waals surface area contributed by atoms with Crippen molar-refractivity contribution in [2.45, 2.75) is 44.4 Å². The molecule has 0 spiro atoms. The second kappa shape index (κ2) is 9.84. The maximum absolute atomic E-state index is 6.08. The minimum absolute atomic E-state index is 0.301. The molecule has 8 heteroatoms. The zero-order valence-electron chi connectivity index (χ0n) is 17.0. The fraction of sp³-hybridized carbons (Fsp3) is 0.571. The smallest absolute Gasteiger partial charge is 0.193 e. The van der Waals surface area contributed by atoms with Crippen molar-refractivity contribution in [2.24, 2.45) is 4.99 Å². The zero-order chi connectivity index (χ0) is 19.9. The number of aromatic nitrogens is 3. The van der Waals surface area contributed by atoms with Gasteiger partial charge in [0.15, 0.2) is 11.8 Å². The maximum atomic E-state index is 6.08. The summed E-state index contributed by atoms with van der Waals surface area (Å²) < 4.78 is 11.7. The van der Waals surface area contributed by atoms with Crippen LogP contribution in [-0.4, -0.2) is 71.6 Å². The number of ether oxygens (including phenoxy) is 2. The van der Waals surface area contributed by atoms with Crippen LogP contribution in [0.1, 0.15) is 31.2 Å². The Balaban J connectivity index is 1.24. The number of rotatable bonds is 6. The number of aromatic amines is 1. The molecule has 0 amide bonds. The minimum Gasteiger partial charge on any atom is -0.376 e. The molecule has 2 fully saturated rings. The third-order valence-corrected chi connectivity index (χ3v) is 5.56. The Hall–Kier alpha value is -2.45. The third kappa shape index (κ3) is 5.33. The van der Waals surface area contributed by atoms with Crippen molar-refractivity contribution >= 4 is 5.96 Å². The first-order valence-corrected chi connectivity index (χ1v) is 10.5. The van der Waals surface area contributed by atoms with Crippen LogP contribution in [0.3, 0.4) is 0 Å². The molecule has 29 heavy (non-hydrogen) atoms. The molecule has 8 nitrogen and oxygen atoms in total. The molecule has 0 radical (unpaired) electrons. The van der Waals surface area contributed by atoms with Crippen LogP contribution in [0, 0.1) is 0 Å². The molecule has 0 aliphatic carbocycles. The van der Waals surface area contributed by atoms with Gasteiger partial charge in [-0.05, 0) is 37.3 Å². The van der Waals surface area contributed by atoms with Gasteiger partial charge >= 0.3 is 0 Å². The number of guanidine groups is 1. The number of benzene rings is 1. The summed E-state index contributed by atoms with van der Waals surface area (Å²) in [4.78, 5) is 11.0. The predicted octanol–water partition coefficient (Wildman–Crippen LogP) is 2.21. The van der Waals surface area contributed by atoms with Crippen LogP contribution in [-0.2, 0) is 16.0 Å². The van der Waals surface area contributed by atoms with Gasteiger partial charge in [-0.15, -0.1) is 0 Å². The van der Waals surface area contributed by atoms with Crippen molar-refractivity contribution in [1.29, 1.82) is 0 Å². The average Bonchev–Trinajstić information content (AvgIpc) is 3.48. The molecule has 1 aromatic carbocycles. The number of piperidine rings is 1. The summed E-state index contributed by atoms with van der Waals surface area (Å²) in [6, 6.07) is 8.28. The number of aliphatic imine (C=N–C) groups is 1. The van der Waals surface area contributed by atoms with E-state index in [-0.39, 0.29) is 0 Å². The summed E-state index contributed by atoms with van der Waals surface area (Å²) in [6.45, 7) is 4.24. The van der Waals surface area contributed by atoms with Crippen molar-refractivity contribution in [3.63, 3.8) is 0 Å². The highest BCUT2D eigenvalue weighted by Gasteiger charge is 2.24. The molecule has 156 valence electrons. The van der Waals surface area contributed by atoms with Gasteiger partial charge in [0.2, 0.25) is 0 Å². The SMILES string of the molecule is CN=C(NCc1cccc(-c2ncn[nH]2)c1)N1CCC(OCC2CCCO2)CC1. The highest BCUT2D eigenvalue weighted by molar-refractivity contribution is 5.80.